The van der Waals surface area contributed by atoms with Crippen molar-refractivity contribution in [2.24, 2.45) is 11.8 Å². The second-order valence-corrected chi connectivity index (χ2v) is 9.88. The normalized spacial score (nSPS) is 20.7. The molecule has 4 nitrogen and oxygen atoms in total. The van der Waals surface area contributed by atoms with Gasteiger partial charge in [0.15, 0.2) is 9.84 Å². The van der Waals surface area contributed by atoms with Crippen molar-refractivity contribution in [1.82, 2.24) is 4.90 Å². The van der Waals surface area contributed by atoms with E-state index in [0.29, 0.717) is 29.1 Å². The van der Waals surface area contributed by atoms with Crippen LogP contribution in [0, 0.1) is 11.8 Å². The average Bonchev–Trinajstić information content (AvgIpc) is 2.98. The first-order valence-corrected chi connectivity index (χ1v) is 11.5. The van der Waals surface area contributed by atoms with Crippen molar-refractivity contribution >= 4 is 21.4 Å². The molecule has 1 saturated heterocycles. The number of benzene rings is 2. The molecule has 0 saturated carbocycles. The highest BCUT2D eigenvalue weighted by molar-refractivity contribution is 7.90. The van der Waals surface area contributed by atoms with Crippen LogP contribution in [0.15, 0.2) is 53.4 Å². The molecule has 3 rings (SSSR count). The minimum Gasteiger partial charge on any atom is -0.493 e. The number of sulfone groups is 1. The van der Waals surface area contributed by atoms with Crippen molar-refractivity contribution in [2.75, 3.05) is 32.5 Å². The van der Waals surface area contributed by atoms with Gasteiger partial charge >= 0.3 is 0 Å². The topological polar surface area (TPSA) is 46.6 Å². The molecule has 0 bridgehead atoms. The molecule has 0 aromatic heterocycles. The smallest absolute Gasteiger partial charge is 0.175 e. The van der Waals surface area contributed by atoms with E-state index >= 15 is 0 Å². The van der Waals surface area contributed by atoms with E-state index in [1.165, 1.54) is 11.8 Å². The summed E-state index contributed by atoms with van der Waals surface area (Å²) < 4.78 is 29.0. The van der Waals surface area contributed by atoms with Crippen molar-refractivity contribution in [3.05, 3.63) is 59.1 Å². The lowest BCUT2D eigenvalue weighted by Crippen LogP contribution is -2.24. The molecule has 1 aliphatic rings. The number of hydrogen-bond donors (Lipinski definition) is 0. The number of nitrogens with zero attached hydrogens (tertiary/aromatic N) is 1. The molecule has 1 fully saturated rings. The van der Waals surface area contributed by atoms with Crippen LogP contribution >= 0.6 is 11.6 Å². The van der Waals surface area contributed by atoms with Gasteiger partial charge in [0.25, 0.3) is 0 Å². The fourth-order valence-electron chi connectivity index (χ4n) is 3.51. The van der Waals surface area contributed by atoms with Crippen LogP contribution in [0.25, 0.3) is 0 Å². The molecule has 0 spiro atoms. The van der Waals surface area contributed by atoms with Crippen molar-refractivity contribution in [3.8, 4) is 5.75 Å². The van der Waals surface area contributed by atoms with Crippen molar-refractivity contribution < 1.29 is 13.2 Å². The summed E-state index contributed by atoms with van der Waals surface area (Å²) in [6.07, 6.45) is 2.20. The summed E-state index contributed by atoms with van der Waals surface area (Å²) in [6, 6.07) is 14.7. The van der Waals surface area contributed by atoms with E-state index in [2.05, 4.69) is 17.9 Å². The maximum Gasteiger partial charge on any atom is 0.175 e. The van der Waals surface area contributed by atoms with Crippen LogP contribution in [0.3, 0.4) is 0 Å². The Morgan fingerprint density at radius 3 is 2.56 bits per heavy atom. The van der Waals surface area contributed by atoms with E-state index in [0.717, 1.165) is 31.1 Å². The zero-order valence-corrected chi connectivity index (χ0v) is 17.3. The number of rotatable bonds is 7. The van der Waals surface area contributed by atoms with Crippen molar-refractivity contribution in [1.29, 1.82) is 0 Å². The van der Waals surface area contributed by atoms with Gasteiger partial charge in [-0.3, -0.25) is 0 Å². The summed E-state index contributed by atoms with van der Waals surface area (Å²) in [6.45, 7) is 6.02. The van der Waals surface area contributed by atoms with Crippen LogP contribution in [0.5, 0.6) is 5.75 Å². The lowest BCUT2D eigenvalue weighted by molar-refractivity contribution is 0.225. The Morgan fingerprint density at radius 2 is 1.89 bits per heavy atom. The Bertz CT molecular complexity index is 867. The quantitative estimate of drug-likeness (QED) is 0.697. The van der Waals surface area contributed by atoms with E-state index in [-0.39, 0.29) is 0 Å². The van der Waals surface area contributed by atoms with Gasteiger partial charge in [-0.15, -0.1) is 0 Å². The first kappa shape index (κ1) is 20.2. The highest BCUT2D eigenvalue weighted by Gasteiger charge is 2.29. The van der Waals surface area contributed by atoms with Crippen LogP contribution < -0.4 is 4.74 Å². The van der Waals surface area contributed by atoms with Gasteiger partial charge in [0.1, 0.15) is 5.75 Å². The summed E-state index contributed by atoms with van der Waals surface area (Å²) in [4.78, 5) is 2.79. The minimum absolute atomic E-state index is 0.316. The fraction of sp³-hybridized carbons (Fsp3) is 0.429. The van der Waals surface area contributed by atoms with Crippen molar-refractivity contribution in [3.63, 3.8) is 0 Å². The molecule has 2 aromatic rings. The zero-order chi connectivity index (χ0) is 19.4. The predicted molar refractivity (Wildman–Crippen MR) is 109 cm³/mol. The SMILES string of the molecule is C[C@@H]1CN(CCc2cccc(Cl)c2)C[C@@H]1COc1ccc(S(C)(=O)=O)cc1. The third kappa shape index (κ3) is 5.71. The van der Waals surface area contributed by atoms with Crippen LogP contribution in [0.2, 0.25) is 5.02 Å². The van der Waals surface area contributed by atoms with Crippen LogP contribution in [0.4, 0.5) is 0 Å². The molecule has 0 aliphatic carbocycles. The number of halogens is 1. The van der Waals surface area contributed by atoms with Gasteiger partial charge in [0.2, 0.25) is 0 Å². The molecule has 1 heterocycles. The molecular weight excluding hydrogens is 382 g/mol. The third-order valence-corrected chi connectivity index (χ3v) is 6.53. The molecule has 0 amide bonds. The Balaban J connectivity index is 1.48. The molecule has 146 valence electrons. The van der Waals surface area contributed by atoms with E-state index in [9.17, 15) is 8.42 Å². The lowest BCUT2D eigenvalue weighted by Gasteiger charge is -2.17. The molecule has 0 unspecified atom stereocenters. The van der Waals surface area contributed by atoms with Gasteiger partial charge in [-0.25, -0.2) is 8.42 Å². The maximum absolute atomic E-state index is 11.5. The van der Waals surface area contributed by atoms with Gasteiger partial charge in [-0.05, 0) is 54.3 Å². The lowest BCUT2D eigenvalue weighted by atomic mass is 9.99. The van der Waals surface area contributed by atoms with Gasteiger partial charge in [-0.1, -0.05) is 30.7 Å². The largest absolute Gasteiger partial charge is 0.493 e. The summed E-state index contributed by atoms with van der Waals surface area (Å²) in [5, 5.41) is 0.787. The first-order valence-electron chi connectivity index (χ1n) is 9.21. The van der Waals surface area contributed by atoms with E-state index in [4.69, 9.17) is 16.3 Å². The average molecular weight is 408 g/mol. The number of ether oxygens (including phenoxy) is 1. The number of likely N-dealkylation sites (tertiary alicyclic amines) is 1. The molecule has 0 N–H and O–H groups in total. The van der Waals surface area contributed by atoms with Crippen LogP contribution in [0.1, 0.15) is 12.5 Å². The van der Waals surface area contributed by atoms with Gasteiger partial charge in [0, 0.05) is 36.8 Å². The zero-order valence-electron chi connectivity index (χ0n) is 15.8. The Labute approximate surface area is 167 Å². The summed E-state index contributed by atoms with van der Waals surface area (Å²) in [7, 11) is -3.17. The van der Waals surface area contributed by atoms with Crippen molar-refractivity contribution in [2.45, 2.75) is 18.2 Å². The summed E-state index contributed by atoms with van der Waals surface area (Å²) in [5.41, 5.74) is 1.26. The maximum atomic E-state index is 11.5. The Hall–Kier alpha value is -1.56. The molecule has 1 aliphatic heterocycles. The molecule has 27 heavy (non-hydrogen) atoms. The standard InChI is InChI=1S/C21H26ClNO3S/c1-16-13-23(11-10-17-4-3-5-19(22)12-17)14-18(16)15-26-20-6-8-21(9-7-20)27(2,24)25/h3-9,12,16,18H,10-11,13-15H2,1-2H3/t16-,18-/m1/s1. The molecule has 2 aromatic carbocycles. The monoisotopic (exact) mass is 407 g/mol. The minimum atomic E-state index is -3.17. The van der Waals surface area contributed by atoms with E-state index in [1.54, 1.807) is 24.3 Å². The number of hydrogen-bond acceptors (Lipinski definition) is 4. The van der Waals surface area contributed by atoms with E-state index in [1.807, 2.05) is 18.2 Å². The molecule has 6 heteroatoms. The van der Waals surface area contributed by atoms with Gasteiger partial charge in [-0.2, -0.15) is 0 Å². The predicted octanol–water partition coefficient (Wildman–Crippen LogP) is 3.93. The van der Waals surface area contributed by atoms with Crippen LogP contribution in [-0.2, 0) is 16.3 Å². The second-order valence-electron chi connectivity index (χ2n) is 7.43. The molecule has 2 atom stereocenters. The molecule has 0 radical (unpaired) electrons. The first-order chi connectivity index (χ1) is 12.8. The van der Waals surface area contributed by atoms with Gasteiger partial charge < -0.3 is 9.64 Å². The third-order valence-electron chi connectivity index (χ3n) is 5.17. The van der Waals surface area contributed by atoms with Crippen LogP contribution in [-0.4, -0.2) is 45.8 Å². The highest BCUT2D eigenvalue weighted by atomic mass is 35.5. The second kappa shape index (κ2) is 8.63. The summed E-state index contributed by atoms with van der Waals surface area (Å²) in [5.74, 6) is 1.76. The molecular formula is C21H26ClNO3S. The van der Waals surface area contributed by atoms with E-state index < -0.39 is 9.84 Å². The van der Waals surface area contributed by atoms with Gasteiger partial charge in [0.05, 0.1) is 11.5 Å². The highest BCUT2D eigenvalue weighted by Crippen LogP contribution is 2.25. The summed E-state index contributed by atoms with van der Waals surface area (Å²) >= 11 is 6.06. The Morgan fingerprint density at radius 1 is 1.15 bits per heavy atom. The fourth-order valence-corrected chi connectivity index (χ4v) is 4.35. The Kier molecular flexibility index (Phi) is 6.45.